The van der Waals surface area contributed by atoms with Crippen LogP contribution in [0.4, 0.5) is 5.69 Å². The van der Waals surface area contributed by atoms with Crippen LogP contribution in [-0.2, 0) is 4.79 Å². The second-order valence-corrected chi connectivity index (χ2v) is 6.39. The Morgan fingerprint density at radius 3 is 2.48 bits per heavy atom. The van der Waals surface area contributed by atoms with E-state index in [2.05, 4.69) is 4.98 Å². The second-order valence-electron chi connectivity index (χ2n) is 4.27. The Balaban J connectivity index is 1.92. The van der Waals surface area contributed by atoms with E-state index in [4.69, 9.17) is 23.8 Å². The predicted molar refractivity (Wildman–Crippen MR) is 91.3 cm³/mol. The zero-order valence-corrected chi connectivity index (χ0v) is 13.1. The number of benzene rings is 1. The fourth-order valence-corrected chi connectivity index (χ4v) is 3.32. The summed E-state index contributed by atoms with van der Waals surface area (Å²) in [4.78, 5) is 18.6. The number of carbonyl (C=O) groups is 1. The van der Waals surface area contributed by atoms with Gasteiger partial charge in [-0.2, -0.15) is 0 Å². The first kappa shape index (κ1) is 14.3. The number of rotatable bonds is 2. The molecule has 2 heterocycles. The smallest absolute Gasteiger partial charge is 0.268 e. The summed E-state index contributed by atoms with van der Waals surface area (Å²) < 4.78 is 0.516. The number of amides is 1. The molecule has 0 saturated carbocycles. The highest BCUT2D eigenvalue weighted by Gasteiger charge is 2.33. The summed E-state index contributed by atoms with van der Waals surface area (Å²) in [7, 11) is 0. The molecule has 0 unspecified atom stereocenters. The van der Waals surface area contributed by atoms with Crippen LogP contribution in [-0.4, -0.2) is 15.2 Å². The molecule has 104 valence electrons. The molecule has 1 aliphatic rings. The van der Waals surface area contributed by atoms with Crippen molar-refractivity contribution in [1.82, 2.24) is 4.98 Å². The van der Waals surface area contributed by atoms with Gasteiger partial charge >= 0.3 is 0 Å². The van der Waals surface area contributed by atoms with E-state index in [0.29, 0.717) is 14.2 Å². The first-order chi connectivity index (χ1) is 10.1. The molecule has 1 amide bonds. The molecule has 21 heavy (non-hydrogen) atoms. The average molecular weight is 333 g/mol. The number of hydrogen-bond acceptors (Lipinski definition) is 4. The largest absolute Gasteiger partial charge is 0.270 e. The Kier molecular flexibility index (Phi) is 4.05. The van der Waals surface area contributed by atoms with Gasteiger partial charge in [-0.05, 0) is 48.0 Å². The Bertz CT molecular complexity index is 729. The van der Waals surface area contributed by atoms with Crippen LogP contribution < -0.4 is 4.90 Å². The van der Waals surface area contributed by atoms with Crippen LogP contribution in [0.1, 0.15) is 5.56 Å². The van der Waals surface area contributed by atoms with Crippen molar-refractivity contribution in [2.24, 2.45) is 0 Å². The standard InChI is InChI=1S/C15H9ClN2OS2/c16-11-1-3-12(4-2-11)18-14(19)13(21-15(18)20)9-10-5-7-17-8-6-10/h1-9H/b13-9-. The maximum Gasteiger partial charge on any atom is 0.270 e. The molecule has 2 aromatic rings. The average Bonchev–Trinajstić information content (AvgIpc) is 2.76. The van der Waals surface area contributed by atoms with Crippen molar-refractivity contribution in [1.29, 1.82) is 0 Å². The predicted octanol–water partition coefficient (Wildman–Crippen LogP) is 4.14. The normalized spacial score (nSPS) is 16.8. The Morgan fingerprint density at radius 2 is 1.81 bits per heavy atom. The number of carbonyl (C=O) groups excluding carboxylic acids is 1. The Morgan fingerprint density at radius 1 is 1.14 bits per heavy atom. The summed E-state index contributed by atoms with van der Waals surface area (Å²) in [5.74, 6) is -0.121. The van der Waals surface area contributed by atoms with E-state index in [0.717, 1.165) is 11.3 Å². The van der Waals surface area contributed by atoms with Crippen LogP contribution in [0.5, 0.6) is 0 Å². The van der Waals surface area contributed by atoms with Gasteiger partial charge in [-0.3, -0.25) is 14.7 Å². The first-order valence-corrected chi connectivity index (χ1v) is 7.69. The molecule has 3 rings (SSSR count). The molecule has 1 aromatic carbocycles. The fraction of sp³-hybridized carbons (Fsp3) is 0. The first-order valence-electron chi connectivity index (χ1n) is 6.09. The lowest BCUT2D eigenvalue weighted by Crippen LogP contribution is -2.27. The molecule has 1 saturated heterocycles. The minimum Gasteiger partial charge on any atom is -0.268 e. The summed E-state index contributed by atoms with van der Waals surface area (Å²) in [6.07, 6.45) is 5.19. The number of halogens is 1. The summed E-state index contributed by atoms with van der Waals surface area (Å²) in [5, 5.41) is 0.622. The second kappa shape index (κ2) is 5.97. The molecule has 6 heteroatoms. The molecule has 0 spiro atoms. The van der Waals surface area contributed by atoms with Gasteiger partial charge in [-0.15, -0.1) is 0 Å². The van der Waals surface area contributed by atoms with Crippen molar-refractivity contribution < 1.29 is 4.79 Å². The van der Waals surface area contributed by atoms with Crippen LogP contribution in [0.25, 0.3) is 6.08 Å². The molecule has 0 bridgehead atoms. The van der Waals surface area contributed by atoms with Gasteiger partial charge in [-0.1, -0.05) is 35.6 Å². The quantitative estimate of drug-likeness (QED) is 0.611. The monoisotopic (exact) mass is 332 g/mol. The third-order valence-electron chi connectivity index (χ3n) is 2.88. The number of nitrogens with zero attached hydrogens (tertiary/aromatic N) is 2. The van der Waals surface area contributed by atoms with Crippen LogP contribution in [0, 0.1) is 0 Å². The number of thiocarbonyl (C=S) groups is 1. The Labute approximate surface area is 136 Å². The van der Waals surface area contributed by atoms with Gasteiger partial charge in [0.2, 0.25) is 0 Å². The van der Waals surface area contributed by atoms with Crippen LogP contribution >= 0.6 is 35.6 Å². The molecular formula is C15H9ClN2OS2. The summed E-state index contributed by atoms with van der Waals surface area (Å²) >= 11 is 12.5. The van der Waals surface area contributed by atoms with Gasteiger partial charge in [0, 0.05) is 17.4 Å². The maximum absolute atomic E-state index is 12.5. The van der Waals surface area contributed by atoms with E-state index in [-0.39, 0.29) is 5.91 Å². The van der Waals surface area contributed by atoms with Crippen molar-refractivity contribution >= 4 is 57.6 Å². The summed E-state index contributed by atoms with van der Waals surface area (Å²) in [6, 6.07) is 10.7. The maximum atomic E-state index is 12.5. The molecule has 0 aliphatic carbocycles. The number of aromatic nitrogens is 1. The van der Waals surface area contributed by atoms with Crippen LogP contribution in [0.15, 0.2) is 53.7 Å². The minimum absolute atomic E-state index is 0.121. The van der Waals surface area contributed by atoms with E-state index < -0.39 is 0 Å². The zero-order chi connectivity index (χ0) is 14.8. The highest BCUT2D eigenvalue weighted by Crippen LogP contribution is 2.36. The SMILES string of the molecule is O=C1/C(=C/c2ccncc2)SC(=S)N1c1ccc(Cl)cc1. The van der Waals surface area contributed by atoms with Crippen LogP contribution in [0.3, 0.4) is 0 Å². The third-order valence-corrected chi connectivity index (χ3v) is 4.44. The molecule has 0 radical (unpaired) electrons. The van der Waals surface area contributed by atoms with E-state index in [1.807, 2.05) is 18.2 Å². The number of anilines is 1. The highest BCUT2D eigenvalue weighted by atomic mass is 35.5. The van der Waals surface area contributed by atoms with Gasteiger partial charge in [-0.25, -0.2) is 0 Å². The third kappa shape index (κ3) is 3.00. The van der Waals surface area contributed by atoms with E-state index in [9.17, 15) is 4.79 Å². The molecule has 0 atom stereocenters. The number of pyridine rings is 1. The Hall–Kier alpha value is -1.69. The van der Waals surface area contributed by atoms with E-state index in [1.54, 1.807) is 36.7 Å². The lowest BCUT2D eigenvalue weighted by atomic mass is 10.2. The molecule has 3 nitrogen and oxygen atoms in total. The van der Waals surface area contributed by atoms with Crippen molar-refractivity contribution in [3.8, 4) is 0 Å². The van der Waals surface area contributed by atoms with Gasteiger partial charge in [0.25, 0.3) is 5.91 Å². The zero-order valence-electron chi connectivity index (χ0n) is 10.7. The molecule has 1 fully saturated rings. The molecular weight excluding hydrogens is 324 g/mol. The lowest BCUT2D eigenvalue weighted by molar-refractivity contribution is -0.113. The summed E-state index contributed by atoms with van der Waals surface area (Å²) in [5.41, 5.74) is 1.64. The fourth-order valence-electron chi connectivity index (χ4n) is 1.89. The minimum atomic E-state index is -0.121. The van der Waals surface area contributed by atoms with Gasteiger partial charge < -0.3 is 0 Å². The van der Waals surface area contributed by atoms with Gasteiger partial charge in [0.15, 0.2) is 4.32 Å². The topological polar surface area (TPSA) is 33.2 Å². The van der Waals surface area contributed by atoms with Crippen molar-refractivity contribution in [3.05, 3.63) is 64.3 Å². The summed E-state index contributed by atoms with van der Waals surface area (Å²) in [6.45, 7) is 0. The van der Waals surface area contributed by atoms with Gasteiger partial charge in [0.1, 0.15) is 0 Å². The number of thioether (sulfide) groups is 1. The molecule has 1 aromatic heterocycles. The lowest BCUT2D eigenvalue weighted by Gasteiger charge is -2.14. The van der Waals surface area contributed by atoms with E-state index >= 15 is 0 Å². The highest BCUT2D eigenvalue weighted by molar-refractivity contribution is 8.27. The van der Waals surface area contributed by atoms with Crippen molar-refractivity contribution in [2.45, 2.75) is 0 Å². The van der Waals surface area contributed by atoms with Gasteiger partial charge in [0.05, 0.1) is 10.6 Å². The van der Waals surface area contributed by atoms with Crippen molar-refractivity contribution in [2.75, 3.05) is 4.90 Å². The number of hydrogen-bond donors (Lipinski definition) is 0. The van der Waals surface area contributed by atoms with Crippen LogP contribution in [0.2, 0.25) is 5.02 Å². The molecule has 0 N–H and O–H groups in total. The van der Waals surface area contributed by atoms with E-state index in [1.165, 1.54) is 16.7 Å². The van der Waals surface area contributed by atoms with Crippen molar-refractivity contribution in [3.63, 3.8) is 0 Å². The molecule has 1 aliphatic heterocycles.